The average Bonchev–Trinajstić information content (AvgIpc) is 2.16. The Hall–Kier alpha value is -0.280. The maximum atomic E-state index is 11.5. The summed E-state index contributed by atoms with van der Waals surface area (Å²) in [6, 6.07) is 0. The van der Waals surface area contributed by atoms with Gasteiger partial charge in [-0.15, -0.1) is 12.4 Å². The standard InChI is InChI=1S/C12H26N2O.ClH/c1-10(2)5-7-14(12(15)9-13)8-6-11(3)4;/h10-11H,5-9,13H2,1-4H3;1H. The van der Waals surface area contributed by atoms with Crippen LogP contribution in [0.2, 0.25) is 0 Å². The number of carbonyl (C=O) groups excluding carboxylic acids is 1. The smallest absolute Gasteiger partial charge is 0.236 e. The topological polar surface area (TPSA) is 46.3 Å². The van der Waals surface area contributed by atoms with Crippen molar-refractivity contribution < 1.29 is 4.79 Å². The molecule has 0 aromatic carbocycles. The van der Waals surface area contributed by atoms with Crippen molar-refractivity contribution in [3.8, 4) is 0 Å². The van der Waals surface area contributed by atoms with Crippen molar-refractivity contribution in [1.82, 2.24) is 4.90 Å². The molecule has 0 radical (unpaired) electrons. The summed E-state index contributed by atoms with van der Waals surface area (Å²) < 4.78 is 0. The van der Waals surface area contributed by atoms with Gasteiger partial charge in [-0.3, -0.25) is 4.79 Å². The van der Waals surface area contributed by atoms with Crippen molar-refractivity contribution >= 4 is 18.3 Å². The SMILES string of the molecule is CC(C)CCN(CCC(C)C)C(=O)CN.Cl. The zero-order chi connectivity index (χ0) is 11.8. The van der Waals surface area contributed by atoms with Gasteiger partial charge < -0.3 is 10.6 Å². The summed E-state index contributed by atoms with van der Waals surface area (Å²) in [7, 11) is 0. The predicted molar refractivity (Wildman–Crippen MR) is 71.8 cm³/mol. The third-order valence-electron chi connectivity index (χ3n) is 2.48. The van der Waals surface area contributed by atoms with Gasteiger partial charge in [-0.1, -0.05) is 27.7 Å². The predicted octanol–water partition coefficient (Wildman–Crippen LogP) is 2.29. The van der Waals surface area contributed by atoms with Gasteiger partial charge in [-0.2, -0.15) is 0 Å². The first kappa shape index (κ1) is 18.1. The molecule has 0 saturated carbocycles. The first-order valence-electron chi connectivity index (χ1n) is 5.95. The van der Waals surface area contributed by atoms with Crippen LogP contribution < -0.4 is 5.73 Å². The summed E-state index contributed by atoms with van der Waals surface area (Å²) in [6.45, 7) is 10.5. The molecular weight excluding hydrogens is 224 g/mol. The van der Waals surface area contributed by atoms with Crippen LogP contribution in [0.15, 0.2) is 0 Å². The first-order chi connectivity index (χ1) is 6.97. The second kappa shape index (κ2) is 9.91. The second-order valence-corrected chi connectivity index (χ2v) is 4.95. The summed E-state index contributed by atoms with van der Waals surface area (Å²) in [5.74, 6) is 1.35. The summed E-state index contributed by atoms with van der Waals surface area (Å²) >= 11 is 0. The zero-order valence-electron chi connectivity index (χ0n) is 11.0. The highest BCUT2D eigenvalue weighted by Crippen LogP contribution is 2.06. The van der Waals surface area contributed by atoms with Crippen molar-refractivity contribution in [3.05, 3.63) is 0 Å². The Morgan fingerprint density at radius 1 is 1.06 bits per heavy atom. The van der Waals surface area contributed by atoms with E-state index in [0.29, 0.717) is 11.8 Å². The molecule has 4 heteroatoms. The molecule has 0 rings (SSSR count). The Balaban J connectivity index is 0. The molecule has 0 heterocycles. The largest absolute Gasteiger partial charge is 0.342 e. The lowest BCUT2D eigenvalue weighted by atomic mass is 10.1. The van der Waals surface area contributed by atoms with Gasteiger partial charge in [0.2, 0.25) is 5.91 Å². The first-order valence-corrected chi connectivity index (χ1v) is 5.95. The molecule has 0 aromatic heterocycles. The molecule has 0 aliphatic heterocycles. The molecule has 0 aromatic rings. The van der Waals surface area contributed by atoms with E-state index >= 15 is 0 Å². The highest BCUT2D eigenvalue weighted by Gasteiger charge is 2.12. The highest BCUT2D eigenvalue weighted by molar-refractivity contribution is 5.85. The van der Waals surface area contributed by atoms with Crippen LogP contribution in [0.5, 0.6) is 0 Å². The van der Waals surface area contributed by atoms with Gasteiger partial charge in [0, 0.05) is 13.1 Å². The third kappa shape index (κ3) is 8.98. The molecular formula is C12H27ClN2O. The van der Waals surface area contributed by atoms with E-state index in [4.69, 9.17) is 5.73 Å². The molecule has 2 N–H and O–H groups in total. The molecule has 98 valence electrons. The van der Waals surface area contributed by atoms with Gasteiger partial charge in [0.05, 0.1) is 6.54 Å². The van der Waals surface area contributed by atoms with Crippen LogP contribution in [0, 0.1) is 11.8 Å². The molecule has 3 nitrogen and oxygen atoms in total. The number of amides is 1. The summed E-state index contributed by atoms with van der Waals surface area (Å²) in [6.07, 6.45) is 2.12. The Kier molecular flexibility index (Phi) is 11.2. The summed E-state index contributed by atoms with van der Waals surface area (Å²) in [4.78, 5) is 13.4. The van der Waals surface area contributed by atoms with Gasteiger partial charge in [0.15, 0.2) is 0 Å². The molecule has 0 aliphatic rings. The Labute approximate surface area is 106 Å². The second-order valence-electron chi connectivity index (χ2n) is 4.95. The van der Waals surface area contributed by atoms with Crippen LogP contribution >= 0.6 is 12.4 Å². The van der Waals surface area contributed by atoms with E-state index in [0.717, 1.165) is 25.9 Å². The van der Waals surface area contributed by atoms with Crippen LogP contribution in [0.1, 0.15) is 40.5 Å². The molecule has 0 unspecified atom stereocenters. The minimum atomic E-state index is 0. The monoisotopic (exact) mass is 250 g/mol. The number of rotatable bonds is 7. The van der Waals surface area contributed by atoms with E-state index in [1.807, 2.05) is 4.90 Å². The fourth-order valence-corrected chi connectivity index (χ4v) is 1.32. The molecule has 0 bridgehead atoms. The lowest BCUT2D eigenvalue weighted by molar-refractivity contribution is -0.130. The van der Waals surface area contributed by atoms with E-state index < -0.39 is 0 Å². The maximum Gasteiger partial charge on any atom is 0.236 e. The maximum absolute atomic E-state index is 11.5. The number of carbonyl (C=O) groups is 1. The van der Waals surface area contributed by atoms with Gasteiger partial charge in [-0.05, 0) is 24.7 Å². The van der Waals surface area contributed by atoms with Crippen molar-refractivity contribution in [2.45, 2.75) is 40.5 Å². The van der Waals surface area contributed by atoms with E-state index in [9.17, 15) is 4.79 Å². The quantitative estimate of drug-likeness (QED) is 0.754. The normalized spacial score (nSPS) is 10.4. The van der Waals surface area contributed by atoms with Crippen molar-refractivity contribution in [2.75, 3.05) is 19.6 Å². The van der Waals surface area contributed by atoms with Crippen molar-refractivity contribution in [2.24, 2.45) is 17.6 Å². The molecule has 1 amide bonds. The van der Waals surface area contributed by atoms with E-state index in [1.165, 1.54) is 0 Å². The zero-order valence-corrected chi connectivity index (χ0v) is 11.8. The van der Waals surface area contributed by atoms with Crippen LogP contribution in [0.4, 0.5) is 0 Å². The van der Waals surface area contributed by atoms with E-state index in [-0.39, 0.29) is 24.9 Å². The fourth-order valence-electron chi connectivity index (χ4n) is 1.32. The summed E-state index contributed by atoms with van der Waals surface area (Å²) in [5, 5.41) is 0. The number of hydrogen-bond donors (Lipinski definition) is 1. The van der Waals surface area contributed by atoms with Crippen LogP contribution in [-0.2, 0) is 4.79 Å². The highest BCUT2D eigenvalue weighted by atomic mass is 35.5. The Morgan fingerprint density at radius 2 is 1.44 bits per heavy atom. The lowest BCUT2D eigenvalue weighted by Crippen LogP contribution is -2.38. The number of nitrogens with zero attached hydrogens (tertiary/aromatic N) is 1. The van der Waals surface area contributed by atoms with E-state index in [1.54, 1.807) is 0 Å². The Morgan fingerprint density at radius 3 is 1.69 bits per heavy atom. The number of hydrogen-bond acceptors (Lipinski definition) is 2. The van der Waals surface area contributed by atoms with Gasteiger partial charge in [0.1, 0.15) is 0 Å². The Bertz CT molecular complexity index is 172. The van der Waals surface area contributed by atoms with Crippen molar-refractivity contribution in [3.63, 3.8) is 0 Å². The number of nitrogens with two attached hydrogens (primary N) is 1. The van der Waals surface area contributed by atoms with Crippen molar-refractivity contribution in [1.29, 1.82) is 0 Å². The number of halogens is 1. The molecule has 0 fully saturated rings. The molecule has 0 spiro atoms. The van der Waals surface area contributed by atoms with Crippen LogP contribution in [0.25, 0.3) is 0 Å². The minimum absolute atomic E-state index is 0. The van der Waals surface area contributed by atoms with Crippen LogP contribution in [0.3, 0.4) is 0 Å². The van der Waals surface area contributed by atoms with Gasteiger partial charge in [-0.25, -0.2) is 0 Å². The van der Waals surface area contributed by atoms with E-state index in [2.05, 4.69) is 27.7 Å². The fraction of sp³-hybridized carbons (Fsp3) is 0.917. The lowest BCUT2D eigenvalue weighted by Gasteiger charge is -2.23. The minimum Gasteiger partial charge on any atom is -0.342 e. The van der Waals surface area contributed by atoms with Crippen LogP contribution in [-0.4, -0.2) is 30.4 Å². The van der Waals surface area contributed by atoms with Gasteiger partial charge >= 0.3 is 0 Å². The molecule has 0 saturated heterocycles. The molecule has 0 atom stereocenters. The van der Waals surface area contributed by atoms with Gasteiger partial charge in [0.25, 0.3) is 0 Å². The molecule has 0 aliphatic carbocycles. The average molecular weight is 251 g/mol. The molecule has 16 heavy (non-hydrogen) atoms. The third-order valence-corrected chi connectivity index (χ3v) is 2.48. The summed E-state index contributed by atoms with van der Waals surface area (Å²) in [5.41, 5.74) is 5.39.